The van der Waals surface area contributed by atoms with Gasteiger partial charge in [0.15, 0.2) is 0 Å². The van der Waals surface area contributed by atoms with Gasteiger partial charge in [-0.25, -0.2) is 4.39 Å². The van der Waals surface area contributed by atoms with Crippen molar-refractivity contribution in [3.05, 3.63) is 35.6 Å². The normalized spacial score (nSPS) is 14.5. The standard InChI is InChI=1S/C16H27FN2S/c1-5-18-16(14-8-6-7-9-15(14)17)13(2)12-19(3)10-11-20-4/h6-9,13,16,18H,5,10-12H2,1-4H3. The van der Waals surface area contributed by atoms with E-state index in [9.17, 15) is 4.39 Å². The van der Waals surface area contributed by atoms with Crippen molar-refractivity contribution in [2.24, 2.45) is 5.92 Å². The maximum Gasteiger partial charge on any atom is 0.127 e. The Labute approximate surface area is 127 Å². The van der Waals surface area contributed by atoms with Gasteiger partial charge >= 0.3 is 0 Å². The van der Waals surface area contributed by atoms with Gasteiger partial charge in [-0.15, -0.1) is 0 Å². The fourth-order valence-corrected chi connectivity index (χ4v) is 2.99. The van der Waals surface area contributed by atoms with E-state index < -0.39 is 0 Å². The molecule has 0 saturated carbocycles. The largest absolute Gasteiger partial charge is 0.310 e. The van der Waals surface area contributed by atoms with Crippen molar-refractivity contribution in [1.29, 1.82) is 0 Å². The molecule has 0 bridgehead atoms. The lowest BCUT2D eigenvalue weighted by molar-refractivity contribution is 0.255. The van der Waals surface area contributed by atoms with Crippen molar-refractivity contribution < 1.29 is 4.39 Å². The highest BCUT2D eigenvalue weighted by molar-refractivity contribution is 7.98. The number of nitrogens with one attached hydrogen (secondary N) is 1. The van der Waals surface area contributed by atoms with Crippen molar-refractivity contribution >= 4 is 11.8 Å². The maximum atomic E-state index is 14.0. The lowest BCUT2D eigenvalue weighted by Gasteiger charge is -2.29. The third kappa shape index (κ3) is 5.43. The van der Waals surface area contributed by atoms with E-state index in [0.717, 1.165) is 31.0 Å². The van der Waals surface area contributed by atoms with Crippen LogP contribution in [0.2, 0.25) is 0 Å². The zero-order chi connectivity index (χ0) is 15.0. The summed E-state index contributed by atoms with van der Waals surface area (Å²) in [7, 11) is 2.14. The molecule has 20 heavy (non-hydrogen) atoms. The SMILES string of the molecule is CCNC(c1ccccc1F)C(C)CN(C)CCSC. The molecule has 1 aromatic carbocycles. The Balaban J connectivity index is 2.72. The summed E-state index contributed by atoms with van der Waals surface area (Å²) >= 11 is 1.86. The first-order valence-corrected chi connectivity index (χ1v) is 8.64. The van der Waals surface area contributed by atoms with E-state index in [0.29, 0.717) is 5.92 Å². The predicted molar refractivity (Wildman–Crippen MR) is 87.9 cm³/mol. The Bertz CT molecular complexity index is 386. The molecule has 1 rings (SSSR count). The molecule has 4 heteroatoms. The molecule has 114 valence electrons. The number of benzene rings is 1. The molecule has 0 aliphatic carbocycles. The molecule has 0 aliphatic heterocycles. The quantitative estimate of drug-likeness (QED) is 0.752. The second-order valence-electron chi connectivity index (χ2n) is 5.29. The van der Waals surface area contributed by atoms with Gasteiger partial charge in [0.05, 0.1) is 0 Å². The molecule has 0 amide bonds. The highest BCUT2D eigenvalue weighted by Gasteiger charge is 2.22. The van der Waals surface area contributed by atoms with Crippen molar-refractivity contribution in [1.82, 2.24) is 10.2 Å². The molecule has 2 unspecified atom stereocenters. The van der Waals surface area contributed by atoms with Crippen LogP contribution in [0.4, 0.5) is 4.39 Å². The van der Waals surface area contributed by atoms with Crippen LogP contribution in [0, 0.1) is 11.7 Å². The molecule has 0 saturated heterocycles. The first kappa shape index (κ1) is 17.5. The lowest BCUT2D eigenvalue weighted by atomic mass is 9.93. The van der Waals surface area contributed by atoms with Crippen molar-refractivity contribution in [3.63, 3.8) is 0 Å². The second kappa shape index (κ2) is 9.37. The average Bonchev–Trinajstić information content (AvgIpc) is 2.43. The molecule has 0 heterocycles. The molecule has 0 aliphatic rings. The number of thioether (sulfide) groups is 1. The van der Waals surface area contributed by atoms with Crippen LogP contribution in [0.3, 0.4) is 0 Å². The Morgan fingerprint density at radius 1 is 1.35 bits per heavy atom. The minimum Gasteiger partial charge on any atom is -0.310 e. The van der Waals surface area contributed by atoms with Crippen LogP contribution >= 0.6 is 11.8 Å². The minimum atomic E-state index is -0.114. The Kier molecular flexibility index (Phi) is 8.19. The van der Waals surface area contributed by atoms with Crippen LogP contribution in [0.15, 0.2) is 24.3 Å². The van der Waals surface area contributed by atoms with Crippen molar-refractivity contribution in [3.8, 4) is 0 Å². The predicted octanol–water partition coefficient (Wildman–Crippen LogP) is 3.41. The van der Waals surface area contributed by atoms with Crippen LogP contribution in [0.25, 0.3) is 0 Å². The topological polar surface area (TPSA) is 15.3 Å². The highest BCUT2D eigenvalue weighted by Crippen LogP contribution is 2.25. The van der Waals surface area contributed by atoms with Gasteiger partial charge in [0.1, 0.15) is 5.82 Å². The number of hydrogen-bond donors (Lipinski definition) is 1. The minimum absolute atomic E-state index is 0.0675. The molecule has 0 fully saturated rings. The smallest absolute Gasteiger partial charge is 0.127 e. The number of hydrogen-bond acceptors (Lipinski definition) is 3. The molecular formula is C16H27FN2S. The maximum absolute atomic E-state index is 14.0. The van der Waals surface area contributed by atoms with E-state index in [1.54, 1.807) is 12.1 Å². The van der Waals surface area contributed by atoms with Gasteiger partial charge in [-0.2, -0.15) is 11.8 Å². The average molecular weight is 298 g/mol. The second-order valence-corrected chi connectivity index (χ2v) is 6.27. The van der Waals surface area contributed by atoms with Gasteiger partial charge in [0.25, 0.3) is 0 Å². The summed E-state index contributed by atoms with van der Waals surface area (Å²) in [6.45, 7) is 7.14. The van der Waals surface area contributed by atoms with Gasteiger partial charge < -0.3 is 10.2 Å². The molecule has 2 nitrogen and oxygen atoms in total. The third-order valence-corrected chi connectivity index (χ3v) is 4.10. The molecule has 2 atom stereocenters. The van der Waals surface area contributed by atoms with Crippen LogP contribution in [-0.2, 0) is 0 Å². The van der Waals surface area contributed by atoms with E-state index in [1.165, 1.54) is 0 Å². The van der Waals surface area contributed by atoms with Crippen LogP contribution < -0.4 is 5.32 Å². The summed E-state index contributed by atoms with van der Waals surface area (Å²) in [5.41, 5.74) is 0.778. The molecule has 0 spiro atoms. The Hall–Kier alpha value is -0.580. The van der Waals surface area contributed by atoms with E-state index >= 15 is 0 Å². The van der Waals surface area contributed by atoms with Gasteiger partial charge in [-0.1, -0.05) is 32.0 Å². The first-order valence-electron chi connectivity index (χ1n) is 7.25. The van der Waals surface area contributed by atoms with E-state index in [4.69, 9.17) is 0 Å². The summed E-state index contributed by atoms with van der Waals surface area (Å²) in [6.07, 6.45) is 2.12. The summed E-state index contributed by atoms with van der Waals surface area (Å²) in [6, 6.07) is 7.16. The Morgan fingerprint density at radius 3 is 2.65 bits per heavy atom. The fourth-order valence-electron chi connectivity index (χ4n) is 2.50. The van der Waals surface area contributed by atoms with Crippen LogP contribution in [-0.4, -0.2) is 43.6 Å². The number of nitrogens with zero attached hydrogens (tertiary/aromatic N) is 1. The number of halogens is 1. The van der Waals surface area contributed by atoms with E-state index in [2.05, 4.69) is 37.4 Å². The molecular weight excluding hydrogens is 271 g/mol. The lowest BCUT2D eigenvalue weighted by Crippen LogP contribution is -2.35. The Morgan fingerprint density at radius 2 is 2.05 bits per heavy atom. The first-order chi connectivity index (χ1) is 9.60. The van der Waals surface area contributed by atoms with Crippen LogP contribution in [0.5, 0.6) is 0 Å². The molecule has 0 radical (unpaired) electrons. The molecule has 1 N–H and O–H groups in total. The molecule has 1 aromatic rings. The van der Waals surface area contributed by atoms with E-state index in [1.807, 2.05) is 23.9 Å². The summed E-state index contributed by atoms with van der Waals surface area (Å²) in [4.78, 5) is 2.33. The summed E-state index contributed by atoms with van der Waals surface area (Å²) in [5.74, 6) is 1.38. The highest BCUT2D eigenvalue weighted by atomic mass is 32.2. The zero-order valence-corrected chi connectivity index (χ0v) is 13.8. The van der Waals surface area contributed by atoms with Crippen LogP contribution in [0.1, 0.15) is 25.5 Å². The van der Waals surface area contributed by atoms with E-state index in [-0.39, 0.29) is 11.9 Å². The van der Waals surface area contributed by atoms with Crippen molar-refractivity contribution in [2.45, 2.75) is 19.9 Å². The molecule has 0 aromatic heterocycles. The van der Waals surface area contributed by atoms with Gasteiger partial charge in [0, 0.05) is 30.4 Å². The third-order valence-electron chi connectivity index (χ3n) is 3.51. The van der Waals surface area contributed by atoms with Gasteiger partial charge in [-0.05, 0) is 31.8 Å². The van der Waals surface area contributed by atoms with Crippen molar-refractivity contribution in [2.75, 3.05) is 38.7 Å². The summed E-state index contributed by atoms with van der Waals surface area (Å²) in [5, 5.41) is 3.43. The zero-order valence-electron chi connectivity index (χ0n) is 13.0. The van der Waals surface area contributed by atoms with Gasteiger partial charge in [-0.3, -0.25) is 0 Å². The van der Waals surface area contributed by atoms with Gasteiger partial charge in [0.2, 0.25) is 0 Å². The monoisotopic (exact) mass is 298 g/mol. The fraction of sp³-hybridized carbons (Fsp3) is 0.625. The number of rotatable bonds is 9. The summed E-state index contributed by atoms with van der Waals surface area (Å²) < 4.78 is 14.0.